The van der Waals surface area contributed by atoms with Crippen LogP contribution in [0.2, 0.25) is 0 Å². The maximum atomic E-state index is 3.64. The Bertz CT molecular complexity index is 129. The van der Waals surface area contributed by atoms with E-state index in [2.05, 4.69) is 19.2 Å². The molecule has 1 rings (SSSR count). The van der Waals surface area contributed by atoms with Crippen molar-refractivity contribution in [2.24, 2.45) is 5.92 Å². The van der Waals surface area contributed by atoms with Crippen LogP contribution in [0.1, 0.15) is 65.2 Å². The summed E-state index contributed by atoms with van der Waals surface area (Å²) in [6.07, 6.45) is 11.4. The first-order valence-corrected chi connectivity index (χ1v) is 6.58. The van der Waals surface area contributed by atoms with Gasteiger partial charge in [0.2, 0.25) is 0 Å². The summed E-state index contributed by atoms with van der Waals surface area (Å²) in [6.45, 7) is 5.86. The molecule has 1 saturated carbocycles. The Morgan fingerprint density at radius 2 is 1.71 bits per heavy atom. The van der Waals surface area contributed by atoms with E-state index in [-0.39, 0.29) is 0 Å². The molecule has 1 heteroatoms. The van der Waals surface area contributed by atoms with Crippen molar-refractivity contribution in [3.63, 3.8) is 0 Å². The Hall–Kier alpha value is -0.0400. The van der Waals surface area contributed by atoms with Crippen LogP contribution in [0.25, 0.3) is 0 Å². The highest BCUT2D eigenvalue weighted by molar-refractivity contribution is 4.82. The van der Waals surface area contributed by atoms with Gasteiger partial charge in [0.25, 0.3) is 0 Å². The van der Waals surface area contributed by atoms with E-state index in [0.29, 0.717) is 0 Å². The molecule has 1 aliphatic carbocycles. The van der Waals surface area contributed by atoms with Gasteiger partial charge in [-0.2, -0.15) is 0 Å². The van der Waals surface area contributed by atoms with Gasteiger partial charge in [0.15, 0.2) is 0 Å². The van der Waals surface area contributed by atoms with E-state index in [0.717, 1.165) is 12.0 Å². The predicted molar refractivity (Wildman–Crippen MR) is 63.6 cm³/mol. The molecule has 0 heterocycles. The number of hydrogen-bond acceptors (Lipinski definition) is 1. The van der Waals surface area contributed by atoms with Crippen LogP contribution in [-0.2, 0) is 0 Å². The molecule has 1 N–H and O–H groups in total. The van der Waals surface area contributed by atoms with Crippen molar-refractivity contribution in [3.8, 4) is 0 Å². The van der Waals surface area contributed by atoms with E-state index < -0.39 is 0 Å². The van der Waals surface area contributed by atoms with E-state index in [1.807, 2.05) is 0 Å². The lowest BCUT2D eigenvalue weighted by molar-refractivity contribution is 0.477. The molecule has 0 aliphatic heterocycles. The highest BCUT2D eigenvalue weighted by atomic mass is 14.9. The van der Waals surface area contributed by atoms with Crippen LogP contribution in [0.15, 0.2) is 0 Å². The minimum absolute atomic E-state index is 0.783. The van der Waals surface area contributed by atoms with Gasteiger partial charge in [-0.3, -0.25) is 0 Å². The van der Waals surface area contributed by atoms with Gasteiger partial charge in [0.1, 0.15) is 0 Å². The Morgan fingerprint density at radius 1 is 1.07 bits per heavy atom. The van der Waals surface area contributed by atoms with Crippen LogP contribution in [0.5, 0.6) is 0 Å². The molecule has 0 saturated heterocycles. The first-order chi connectivity index (χ1) is 6.84. The molecule has 1 nitrogen and oxygen atoms in total. The van der Waals surface area contributed by atoms with Crippen LogP contribution in [0.3, 0.4) is 0 Å². The van der Waals surface area contributed by atoms with E-state index in [9.17, 15) is 0 Å². The summed E-state index contributed by atoms with van der Waals surface area (Å²) < 4.78 is 0. The smallest absolute Gasteiger partial charge is 0.00669 e. The maximum absolute atomic E-state index is 3.64. The van der Waals surface area contributed by atoms with Gasteiger partial charge in [-0.1, -0.05) is 39.0 Å². The number of rotatable bonds is 9. The lowest BCUT2D eigenvalue weighted by Crippen LogP contribution is -2.28. The molecule has 0 aromatic rings. The Morgan fingerprint density at radius 3 is 2.36 bits per heavy atom. The molecule has 0 radical (unpaired) electrons. The fourth-order valence-electron chi connectivity index (χ4n) is 2.00. The normalized spacial score (nSPS) is 18.4. The molecule has 1 aliphatic rings. The van der Waals surface area contributed by atoms with E-state index in [1.165, 1.54) is 57.9 Å². The zero-order chi connectivity index (χ0) is 10.2. The van der Waals surface area contributed by atoms with Crippen molar-refractivity contribution >= 4 is 0 Å². The van der Waals surface area contributed by atoms with Gasteiger partial charge >= 0.3 is 0 Å². The molecular formula is C13H27N. The Balaban J connectivity index is 1.75. The molecule has 14 heavy (non-hydrogen) atoms. The molecule has 84 valence electrons. The average molecular weight is 197 g/mol. The molecule has 0 aromatic carbocycles. The Labute approximate surface area is 89.7 Å². The number of nitrogens with one attached hydrogen (secondary N) is 1. The fourth-order valence-corrected chi connectivity index (χ4v) is 2.00. The molecule has 0 amide bonds. The summed E-state index contributed by atoms with van der Waals surface area (Å²) in [5, 5.41) is 3.64. The minimum atomic E-state index is 0.783. The summed E-state index contributed by atoms with van der Waals surface area (Å²) in [6, 6.07) is 0.783. The fraction of sp³-hybridized carbons (Fsp3) is 1.00. The van der Waals surface area contributed by atoms with Gasteiger partial charge < -0.3 is 5.32 Å². The van der Waals surface area contributed by atoms with E-state index >= 15 is 0 Å². The van der Waals surface area contributed by atoms with Crippen LogP contribution in [-0.4, -0.2) is 12.6 Å². The van der Waals surface area contributed by atoms with Crippen LogP contribution < -0.4 is 5.32 Å². The van der Waals surface area contributed by atoms with Crippen LogP contribution in [0, 0.1) is 5.92 Å². The molecule has 0 spiro atoms. The van der Waals surface area contributed by atoms with Crippen molar-refractivity contribution in [1.82, 2.24) is 5.32 Å². The first-order valence-electron chi connectivity index (χ1n) is 6.58. The van der Waals surface area contributed by atoms with Crippen molar-refractivity contribution in [2.75, 3.05) is 6.54 Å². The van der Waals surface area contributed by atoms with Crippen LogP contribution in [0.4, 0.5) is 0 Å². The standard InChI is InChI=1S/C13H27N/c1-3-4-5-6-7-8-11-14-12(2)13-9-10-13/h12-14H,3-11H2,1-2H3. The van der Waals surface area contributed by atoms with Gasteiger partial charge in [-0.05, 0) is 38.6 Å². The topological polar surface area (TPSA) is 12.0 Å². The lowest BCUT2D eigenvalue weighted by atomic mass is 10.1. The van der Waals surface area contributed by atoms with Gasteiger partial charge in [-0.15, -0.1) is 0 Å². The molecule has 1 unspecified atom stereocenters. The summed E-state index contributed by atoms with van der Waals surface area (Å²) in [7, 11) is 0. The second kappa shape index (κ2) is 7.28. The largest absolute Gasteiger partial charge is 0.314 e. The molecule has 1 atom stereocenters. The van der Waals surface area contributed by atoms with Gasteiger partial charge in [-0.25, -0.2) is 0 Å². The average Bonchev–Trinajstić information content (AvgIpc) is 2.99. The summed E-state index contributed by atoms with van der Waals surface area (Å²) in [5.41, 5.74) is 0. The second-order valence-corrected chi connectivity index (χ2v) is 4.85. The molecule has 1 fully saturated rings. The van der Waals surface area contributed by atoms with Crippen molar-refractivity contribution in [1.29, 1.82) is 0 Å². The van der Waals surface area contributed by atoms with Gasteiger partial charge in [0, 0.05) is 6.04 Å². The highest BCUT2D eigenvalue weighted by Crippen LogP contribution is 2.32. The van der Waals surface area contributed by atoms with Crippen molar-refractivity contribution in [3.05, 3.63) is 0 Å². The van der Waals surface area contributed by atoms with Crippen molar-refractivity contribution < 1.29 is 0 Å². The summed E-state index contributed by atoms with van der Waals surface area (Å²) in [4.78, 5) is 0. The minimum Gasteiger partial charge on any atom is -0.314 e. The summed E-state index contributed by atoms with van der Waals surface area (Å²) >= 11 is 0. The SMILES string of the molecule is CCCCCCCCNC(C)C1CC1. The first kappa shape index (κ1) is 12.0. The van der Waals surface area contributed by atoms with Gasteiger partial charge in [0.05, 0.1) is 0 Å². The zero-order valence-corrected chi connectivity index (χ0v) is 10.0. The molecular weight excluding hydrogens is 170 g/mol. The van der Waals surface area contributed by atoms with E-state index in [1.54, 1.807) is 0 Å². The maximum Gasteiger partial charge on any atom is 0.00669 e. The monoisotopic (exact) mass is 197 g/mol. The van der Waals surface area contributed by atoms with E-state index in [4.69, 9.17) is 0 Å². The number of hydrogen-bond donors (Lipinski definition) is 1. The number of unbranched alkanes of at least 4 members (excludes halogenated alkanes) is 5. The van der Waals surface area contributed by atoms with Crippen molar-refractivity contribution in [2.45, 2.75) is 71.3 Å². The van der Waals surface area contributed by atoms with Crippen LogP contribution >= 0.6 is 0 Å². The zero-order valence-electron chi connectivity index (χ0n) is 10.0. The third-order valence-corrected chi connectivity index (χ3v) is 3.33. The highest BCUT2D eigenvalue weighted by Gasteiger charge is 2.26. The third-order valence-electron chi connectivity index (χ3n) is 3.33. The predicted octanol–water partition coefficient (Wildman–Crippen LogP) is 3.74. The molecule has 0 aromatic heterocycles. The summed E-state index contributed by atoms with van der Waals surface area (Å²) in [5.74, 6) is 1.01. The second-order valence-electron chi connectivity index (χ2n) is 4.85. The molecule has 0 bridgehead atoms. The third kappa shape index (κ3) is 5.64. The Kier molecular flexibility index (Phi) is 6.25. The lowest BCUT2D eigenvalue weighted by Gasteiger charge is -2.11. The quantitative estimate of drug-likeness (QED) is 0.555.